The Hall–Kier alpha value is -2.21. The van der Waals surface area contributed by atoms with Gasteiger partial charge in [-0.2, -0.15) is 10.1 Å². The van der Waals surface area contributed by atoms with E-state index >= 15 is 0 Å². The van der Waals surface area contributed by atoms with Crippen molar-refractivity contribution in [1.29, 1.82) is 0 Å². The molecule has 0 atom stereocenters. The number of carbonyl (C=O) groups is 1. The number of benzene rings is 1. The van der Waals surface area contributed by atoms with Crippen molar-refractivity contribution in [2.45, 2.75) is 0 Å². The third-order valence-electron chi connectivity index (χ3n) is 2.39. The van der Waals surface area contributed by atoms with Crippen LogP contribution in [0.25, 0.3) is 10.2 Å². The summed E-state index contributed by atoms with van der Waals surface area (Å²) in [6.07, 6.45) is 2.69. The predicted molar refractivity (Wildman–Crippen MR) is 67.9 cm³/mol. The molecule has 2 heterocycles. The summed E-state index contributed by atoms with van der Waals surface area (Å²) < 4.78 is 1.02. The molecular formula is C11H8N4OS. The third-order valence-corrected chi connectivity index (χ3v) is 3.41. The average Bonchev–Trinajstić information content (AvgIpc) is 2.91. The van der Waals surface area contributed by atoms with Crippen molar-refractivity contribution in [2.75, 3.05) is 5.01 Å². The second-order valence-corrected chi connectivity index (χ2v) is 4.46. The van der Waals surface area contributed by atoms with Gasteiger partial charge in [0.05, 0.1) is 22.0 Å². The lowest BCUT2D eigenvalue weighted by Gasteiger charge is -2.05. The summed E-state index contributed by atoms with van der Waals surface area (Å²) in [5.41, 5.74) is 6.56. The Kier molecular flexibility index (Phi) is 2.15. The monoisotopic (exact) mass is 244 g/mol. The number of amides is 1. The molecule has 2 N–H and O–H groups in total. The summed E-state index contributed by atoms with van der Waals surface area (Å²) in [6, 6.07) is 7.70. The highest BCUT2D eigenvalue weighted by Crippen LogP contribution is 2.30. The van der Waals surface area contributed by atoms with Gasteiger partial charge in [-0.1, -0.05) is 23.5 Å². The van der Waals surface area contributed by atoms with Crippen LogP contribution in [0.1, 0.15) is 0 Å². The first-order valence-corrected chi connectivity index (χ1v) is 5.77. The van der Waals surface area contributed by atoms with Gasteiger partial charge in [0.25, 0.3) is 5.91 Å². The van der Waals surface area contributed by atoms with Gasteiger partial charge in [-0.05, 0) is 12.1 Å². The van der Waals surface area contributed by atoms with Crippen LogP contribution >= 0.6 is 11.3 Å². The summed E-state index contributed by atoms with van der Waals surface area (Å²) in [6.45, 7) is 0. The molecule has 1 amide bonds. The largest absolute Gasteiger partial charge is 0.404 e. The Morgan fingerprint density at radius 3 is 2.88 bits per heavy atom. The zero-order valence-electron chi connectivity index (χ0n) is 8.70. The number of rotatable bonds is 1. The number of para-hydroxylation sites is 1. The van der Waals surface area contributed by atoms with Gasteiger partial charge in [0, 0.05) is 6.20 Å². The van der Waals surface area contributed by atoms with E-state index in [1.807, 2.05) is 24.3 Å². The second kappa shape index (κ2) is 3.67. The Labute approximate surface area is 101 Å². The van der Waals surface area contributed by atoms with Crippen molar-refractivity contribution in [1.82, 2.24) is 4.98 Å². The molecule has 0 saturated heterocycles. The van der Waals surface area contributed by atoms with Gasteiger partial charge in [0.15, 0.2) is 0 Å². The lowest BCUT2D eigenvalue weighted by molar-refractivity contribution is -0.114. The summed E-state index contributed by atoms with van der Waals surface area (Å²) >= 11 is 1.42. The number of nitrogens with zero attached hydrogens (tertiary/aromatic N) is 3. The Morgan fingerprint density at radius 1 is 1.35 bits per heavy atom. The molecule has 0 unspecified atom stereocenters. The first kappa shape index (κ1) is 9.98. The molecule has 0 saturated carbocycles. The van der Waals surface area contributed by atoms with E-state index in [4.69, 9.17) is 5.73 Å². The number of aromatic nitrogens is 1. The van der Waals surface area contributed by atoms with Crippen LogP contribution in [0, 0.1) is 0 Å². The second-order valence-electron chi connectivity index (χ2n) is 3.45. The van der Waals surface area contributed by atoms with Crippen LogP contribution in [0.4, 0.5) is 5.13 Å². The smallest absolute Gasteiger partial charge is 0.283 e. The minimum atomic E-state index is -0.244. The number of hydrogen-bond acceptors (Lipinski definition) is 5. The highest BCUT2D eigenvalue weighted by molar-refractivity contribution is 7.22. The lowest BCUT2D eigenvalue weighted by atomic mass is 10.3. The molecule has 0 fully saturated rings. The van der Waals surface area contributed by atoms with E-state index in [-0.39, 0.29) is 5.91 Å². The van der Waals surface area contributed by atoms with Gasteiger partial charge in [0.1, 0.15) is 0 Å². The van der Waals surface area contributed by atoms with Gasteiger partial charge in [0.2, 0.25) is 5.13 Å². The van der Waals surface area contributed by atoms with Gasteiger partial charge in [-0.15, -0.1) is 0 Å². The zero-order chi connectivity index (χ0) is 11.8. The number of nitrogens with two attached hydrogens (primary N) is 1. The summed E-state index contributed by atoms with van der Waals surface area (Å²) in [5.74, 6) is -0.244. The van der Waals surface area contributed by atoms with Crippen molar-refractivity contribution in [3.05, 3.63) is 36.0 Å². The molecule has 1 aromatic carbocycles. The summed E-state index contributed by atoms with van der Waals surface area (Å²) in [7, 11) is 0. The highest BCUT2D eigenvalue weighted by Gasteiger charge is 2.26. The first-order chi connectivity index (χ1) is 8.29. The van der Waals surface area contributed by atoms with Crippen molar-refractivity contribution >= 4 is 38.8 Å². The van der Waals surface area contributed by atoms with Crippen LogP contribution in [-0.2, 0) is 4.79 Å². The van der Waals surface area contributed by atoms with E-state index in [1.54, 1.807) is 0 Å². The van der Waals surface area contributed by atoms with Gasteiger partial charge in [-0.25, -0.2) is 4.98 Å². The van der Waals surface area contributed by atoms with Crippen molar-refractivity contribution in [2.24, 2.45) is 10.8 Å². The van der Waals surface area contributed by atoms with Crippen LogP contribution in [-0.4, -0.2) is 17.1 Å². The molecule has 0 bridgehead atoms. The number of anilines is 1. The molecule has 1 aliphatic rings. The maximum Gasteiger partial charge on any atom is 0.283 e. The molecule has 5 nitrogen and oxygen atoms in total. The van der Waals surface area contributed by atoms with E-state index < -0.39 is 0 Å². The van der Waals surface area contributed by atoms with Crippen LogP contribution < -0.4 is 10.7 Å². The Bertz CT molecular complexity index is 625. The number of carbonyl (C=O) groups excluding carboxylic acids is 1. The van der Waals surface area contributed by atoms with E-state index in [1.165, 1.54) is 28.8 Å². The number of hydrogen-bond donors (Lipinski definition) is 1. The average molecular weight is 244 g/mol. The fraction of sp³-hybridized carbons (Fsp3) is 0. The summed E-state index contributed by atoms with van der Waals surface area (Å²) in [4.78, 5) is 16.2. The molecule has 3 rings (SSSR count). The number of thiazole rings is 1. The molecule has 1 aliphatic heterocycles. The molecular weight excluding hydrogens is 236 g/mol. The van der Waals surface area contributed by atoms with E-state index in [9.17, 15) is 4.79 Å². The Morgan fingerprint density at radius 2 is 2.18 bits per heavy atom. The highest BCUT2D eigenvalue weighted by atomic mass is 32.1. The van der Waals surface area contributed by atoms with E-state index in [2.05, 4.69) is 10.1 Å². The summed E-state index contributed by atoms with van der Waals surface area (Å²) in [5, 5.41) is 5.82. The molecule has 6 heteroatoms. The lowest BCUT2D eigenvalue weighted by Crippen LogP contribution is -2.21. The Balaban J connectivity index is 2.06. The standard InChI is InChI=1S/C11H8N4OS/c12-5-7-6-13-15(10(7)16)11-14-8-3-1-2-4-9(8)17-11/h1-6H,12H2/b7-5+. The maximum absolute atomic E-state index is 11.8. The SMILES string of the molecule is N/C=C1\C=NN(c2nc3ccccc3s2)C1=O. The van der Waals surface area contributed by atoms with Crippen molar-refractivity contribution in [3.63, 3.8) is 0 Å². The molecule has 84 valence electrons. The minimum Gasteiger partial charge on any atom is -0.404 e. The zero-order valence-corrected chi connectivity index (χ0v) is 9.52. The quantitative estimate of drug-likeness (QED) is 0.772. The molecule has 2 aromatic rings. The van der Waals surface area contributed by atoms with Crippen molar-refractivity contribution in [3.8, 4) is 0 Å². The minimum absolute atomic E-state index is 0.244. The molecule has 1 aromatic heterocycles. The van der Waals surface area contributed by atoms with Crippen LogP contribution in [0.15, 0.2) is 41.1 Å². The van der Waals surface area contributed by atoms with Crippen LogP contribution in [0.2, 0.25) is 0 Å². The van der Waals surface area contributed by atoms with Gasteiger partial charge in [-0.3, -0.25) is 4.79 Å². The normalized spacial score (nSPS) is 17.5. The molecule has 17 heavy (non-hydrogen) atoms. The molecule has 0 spiro atoms. The fourth-order valence-corrected chi connectivity index (χ4v) is 2.47. The predicted octanol–water partition coefficient (Wildman–Crippen LogP) is 1.47. The fourth-order valence-electron chi connectivity index (χ4n) is 1.55. The van der Waals surface area contributed by atoms with E-state index in [0.29, 0.717) is 10.7 Å². The van der Waals surface area contributed by atoms with Gasteiger partial charge >= 0.3 is 0 Å². The van der Waals surface area contributed by atoms with Crippen molar-refractivity contribution < 1.29 is 4.79 Å². The third kappa shape index (κ3) is 1.50. The maximum atomic E-state index is 11.8. The number of fused-ring (bicyclic) bond motifs is 1. The molecule has 0 radical (unpaired) electrons. The van der Waals surface area contributed by atoms with E-state index in [0.717, 1.165) is 10.2 Å². The topological polar surface area (TPSA) is 71.6 Å². The first-order valence-electron chi connectivity index (χ1n) is 4.95. The van der Waals surface area contributed by atoms with Crippen LogP contribution in [0.3, 0.4) is 0 Å². The van der Waals surface area contributed by atoms with Crippen LogP contribution in [0.5, 0.6) is 0 Å². The number of hydrazone groups is 1. The van der Waals surface area contributed by atoms with Gasteiger partial charge < -0.3 is 5.73 Å². The molecule has 0 aliphatic carbocycles.